The Bertz CT molecular complexity index is 563. The maximum atomic E-state index is 5.98. The Kier molecular flexibility index (Phi) is 3.02. The van der Waals surface area contributed by atoms with Crippen molar-refractivity contribution in [3.63, 3.8) is 0 Å². The molecule has 0 saturated carbocycles. The Morgan fingerprint density at radius 1 is 1.53 bits per heavy atom. The zero-order valence-corrected chi connectivity index (χ0v) is 12.1. The second-order valence-electron chi connectivity index (χ2n) is 4.19. The minimum absolute atomic E-state index is 0.229. The molecule has 0 spiro atoms. The number of imidazole rings is 1. The molecule has 0 fully saturated rings. The normalized spacial score (nSPS) is 19.4. The Balaban J connectivity index is 2.10. The standard InChI is InChI=1S/C11H11BrClN3S/c12-11-15-10(8-3-4-9(13)17-8)7-2-1-6(14)5-16(7)11/h3-4,6H,1-2,5,14H2. The van der Waals surface area contributed by atoms with E-state index in [1.807, 2.05) is 12.1 Å². The van der Waals surface area contributed by atoms with Crippen molar-refractivity contribution in [3.05, 3.63) is 26.9 Å². The fourth-order valence-corrected chi connectivity index (χ4v) is 3.77. The van der Waals surface area contributed by atoms with Crippen LogP contribution in [0.5, 0.6) is 0 Å². The minimum Gasteiger partial charge on any atom is -0.326 e. The summed E-state index contributed by atoms with van der Waals surface area (Å²) in [4.78, 5) is 5.71. The molecule has 0 bridgehead atoms. The predicted octanol–water partition coefficient (Wildman–Crippen LogP) is 3.30. The van der Waals surface area contributed by atoms with Crippen LogP contribution in [0.15, 0.2) is 16.9 Å². The van der Waals surface area contributed by atoms with Crippen molar-refractivity contribution in [1.82, 2.24) is 9.55 Å². The molecule has 0 radical (unpaired) electrons. The highest BCUT2D eigenvalue weighted by Crippen LogP contribution is 2.36. The van der Waals surface area contributed by atoms with Gasteiger partial charge in [0.25, 0.3) is 0 Å². The number of nitrogens with zero attached hydrogens (tertiary/aromatic N) is 2. The van der Waals surface area contributed by atoms with Gasteiger partial charge >= 0.3 is 0 Å². The number of hydrogen-bond donors (Lipinski definition) is 1. The highest BCUT2D eigenvalue weighted by molar-refractivity contribution is 9.10. The molecule has 3 nitrogen and oxygen atoms in total. The number of nitrogens with two attached hydrogens (primary N) is 1. The van der Waals surface area contributed by atoms with Crippen LogP contribution in [-0.2, 0) is 13.0 Å². The van der Waals surface area contributed by atoms with Gasteiger partial charge in [0.05, 0.1) is 9.21 Å². The van der Waals surface area contributed by atoms with Crippen LogP contribution in [0, 0.1) is 0 Å². The third-order valence-electron chi connectivity index (χ3n) is 3.00. The van der Waals surface area contributed by atoms with Gasteiger partial charge in [0.15, 0.2) is 4.73 Å². The van der Waals surface area contributed by atoms with Gasteiger partial charge in [0.1, 0.15) is 5.69 Å². The summed E-state index contributed by atoms with van der Waals surface area (Å²) in [6, 6.07) is 4.17. The molecular weight excluding hydrogens is 322 g/mol. The lowest BCUT2D eigenvalue weighted by molar-refractivity contribution is 0.455. The number of hydrogen-bond acceptors (Lipinski definition) is 3. The zero-order chi connectivity index (χ0) is 12.0. The number of fused-ring (bicyclic) bond motifs is 1. The van der Waals surface area contributed by atoms with Crippen molar-refractivity contribution in [2.45, 2.75) is 25.4 Å². The number of thiophene rings is 1. The van der Waals surface area contributed by atoms with E-state index in [9.17, 15) is 0 Å². The van der Waals surface area contributed by atoms with Gasteiger partial charge in [-0.05, 0) is 40.9 Å². The summed E-state index contributed by atoms with van der Waals surface area (Å²) in [6.45, 7) is 0.835. The van der Waals surface area contributed by atoms with E-state index in [0.717, 1.165) is 39.0 Å². The van der Waals surface area contributed by atoms with Gasteiger partial charge in [-0.15, -0.1) is 11.3 Å². The van der Waals surface area contributed by atoms with E-state index < -0.39 is 0 Å². The molecule has 0 amide bonds. The van der Waals surface area contributed by atoms with Crippen LogP contribution in [0.4, 0.5) is 0 Å². The summed E-state index contributed by atoms with van der Waals surface area (Å²) >= 11 is 11.0. The lowest BCUT2D eigenvalue weighted by Crippen LogP contribution is -2.31. The lowest BCUT2D eigenvalue weighted by atomic mass is 10.0. The fraction of sp³-hybridized carbons (Fsp3) is 0.364. The predicted molar refractivity (Wildman–Crippen MR) is 74.5 cm³/mol. The highest BCUT2D eigenvalue weighted by atomic mass is 79.9. The van der Waals surface area contributed by atoms with Crippen molar-refractivity contribution in [3.8, 4) is 10.6 Å². The molecule has 0 aromatic carbocycles. The summed E-state index contributed by atoms with van der Waals surface area (Å²) < 4.78 is 3.82. The second kappa shape index (κ2) is 4.39. The van der Waals surface area contributed by atoms with Crippen molar-refractivity contribution in [2.75, 3.05) is 0 Å². The van der Waals surface area contributed by atoms with Crippen molar-refractivity contribution < 1.29 is 0 Å². The number of halogens is 2. The summed E-state index contributed by atoms with van der Waals surface area (Å²) in [5, 5.41) is 0. The van der Waals surface area contributed by atoms with Gasteiger partial charge in [-0.2, -0.15) is 0 Å². The SMILES string of the molecule is NC1CCc2c(-c3ccc(Cl)s3)nc(Br)n2C1. The average molecular weight is 333 g/mol. The van der Waals surface area contributed by atoms with Crippen molar-refractivity contribution in [1.29, 1.82) is 0 Å². The van der Waals surface area contributed by atoms with Gasteiger partial charge in [0.2, 0.25) is 0 Å². The van der Waals surface area contributed by atoms with Gasteiger partial charge in [-0.3, -0.25) is 0 Å². The number of aromatic nitrogens is 2. The molecular formula is C11H11BrClN3S. The zero-order valence-electron chi connectivity index (χ0n) is 8.99. The van der Waals surface area contributed by atoms with Gasteiger partial charge in [-0.1, -0.05) is 11.6 Å². The Hall–Kier alpha value is -0.360. The van der Waals surface area contributed by atoms with Crippen molar-refractivity contribution in [2.24, 2.45) is 5.73 Å². The van der Waals surface area contributed by atoms with Crippen LogP contribution in [0.2, 0.25) is 4.34 Å². The first-order chi connectivity index (χ1) is 8.15. The summed E-state index contributed by atoms with van der Waals surface area (Å²) in [6.07, 6.45) is 1.99. The van der Waals surface area contributed by atoms with Crippen LogP contribution >= 0.6 is 38.9 Å². The molecule has 17 heavy (non-hydrogen) atoms. The summed E-state index contributed by atoms with van der Waals surface area (Å²) in [5.74, 6) is 0. The molecule has 3 heterocycles. The maximum absolute atomic E-state index is 5.98. The molecule has 90 valence electrons. The molecule has 1 aliphatic rings. The molecule has 2 aromatic heterocycles. The lowest BCUT2D eigenvalue weighted by Gasteiger charge is -2.21. The van der Waals surface area contributed by atoms with E-state index in [-0.39, 0.29) is 6.04 Å². The molecule has 1 unspecified atom stereocenters. The Morgan fingerprint density at radius 2 is 2.35 bits per heavy atom. The first-order valence-electron chi connectivity index (χ1n) is 5.41. The molecule has 2 aromatic rings. The van der Waals surface area contributed by atoms with E-state index in [4.69, 9.17) is 17.3 Å². The Labute approximate surface area is 117 Å². The first-order valence-corrected chi connectivity index (χ1v) is 7.40. The highest BCUT2D eigenvalue weighted by Gasteiger charge is 2.23. The van der Waals surface area contributed by atoms with Gasteiger partial charge in [0, 0.05) is 18.3 Å². The van der Waals surface area contributed by atoms with E-state index in [1.165, 1.54) is 5.69 Å². The molecule has 0 saturated heterocycles. The van der Waals surface area contributed by atoms with E-state index in [1.54, 1.807) is 11.3 Å². The smallest absolute Gasteiger partial charge is 0.177 e. The number of rotatable bonds is 1. The molecule has 1 atom stereocenters. The van der Waals surface area contributed by atoms with E-state index in [0.29, 0.717) is 0 Å². The van der Waals surface area contributed by atoms with Gasteiger partial charge in [-0.25, -0.2) is 4.98 Å². The van der Waals surface area contributed by atoms with E-state index >= 15 is 0 Å². The van der Waals surface area contributed by atoms with E-state index in [2.05, 4.69) is 25.5 Å². The van der Waals surface area contributed by atoms with Crippen LogP contribution in [-0.4, -0.2) is 15.6 Å². The maximum Gasteiger partial charge on any atom is 0.177 e. The average Bonchev–Trinajstić information content (AvgIpc) is 2.84. The molecule has 3 rings (SSSR count). The minimum atomic E-state index is 0.229. The van der Waals surface area contributed by atoms with Crippen LogP contribution in [0.3, 0.4) is 0 Å². The summed E-state index contributed by atoms with van der Waals surface area (Å²) in [5.41, 5.74) is 8.29. The second-order valence-corrected chi connectivity index (χ2v) is 6.61. The third kappa shape index (κ3) is 2.05. The van der Waals surface area contributed by atoms with Gasteiger partial charge < -0.3 is 10.3 Å². The quantitative estimate of drug-likeness (QED) is 0.871. The third-order valence-corrected chi connectivity index (χ3v) is 4.84. The Morgan fingerprint density at radius 3 is 3.06 bits per heavy atom. The molecule has 6 heteroatoms. The monoisotopic (exact) mass is 331 g/mol. The van der Waals surface area contributed by atoms with Crippen molar-refractivity contribution >= 4 is 38.9 Å². The molecule has 0 aliphatic carbocycles. The molecule has 2 N–H and O–H groups in total. The fourth-order valence-electron chi connectivity index (χ4n) is 2.18. The van der Waals surface area contributed by atoms with Crippen LogP contribution in [0.1, 0.15) is 12.1 Å². The molecule has 1 aliphatic heterocycles. The van der Waals surface area contributed by atoms with Crippen LogP contribution in [0.25, 0.3) is 10.6 Å². The van der Waals surface area contributed by atoms with Crippen LogP contribution < -0.4 is 5.73 Å². The largest absolute Gasteiger partial charge is 0.326 e. The first kappa shape index (κ1) is 11.7. The topological polar surface area (TPSA) is 43.8 Å². The summed E-state index contributed by atoms with van der Waals surface area (Å²) in [7, 11) is 0.